The normalized spacial score (nSPS) is 14.5. The number of carbonyl (C=O) groups excluding carboxylic acids is 2. The van der Waals surface area contributed by atoms with Crippen LogP contribution >= 0.6 is 0 Å². The molecule has 9 nitrogen and oxygen atoms in total. The Bertz CT molecular complexity index is 752. The number of anilines is 1. The SMILES string of the molecule is CN(C)CCNc1ccc(C(=O)N2CCN(C(=O)c3ccco3)CC2)nn1. The lowest BCUT2D eigenvalue weighted by Crippen LogP contribution is -2.50. The second kappa shape index (κ2) is 8.63. The molecule has 144 valence electrons. The summed E-state index contributed by atoms with van der Waals surface area (Å²) < 4.78 is 5.15. The Morgan fingerprint density at radius 3 is 2.33 bits per heavy atom. The molecule has 1 N–H and O–H groups in total. The number of hydrogen-bond acceptors (Lipinski definition) is 7. The Balaban J connectivity index is 1.51. The van der Waals surface area contributed by atoms with E-state index in [0.717, 1.165) is 13.1 Å². The summed E-state index contributed by atoms with van der Waals surface area (Å²) in [5.41, 5.74) is 0.305. The van der Waals surface area contributed by atoms with E-state index in [4.69, 9.17) is 4.42 Å². The van der Waals surface area contributed by atoms with Crippen LogP contribution in [0.15, 0.2) is 34.9 Å². The highest BCUT2D eigenvalue weighted by molar-refractivity contribution is 5.93. The zero-order valence-electron chi connectivity index (χ0n) is 15.6. The molecule has 1 aliphatic heterocycles. The van der Waals surface area contributed by atoms with Gasteiger partial charge in [0.2, 0.25) is 0 Å². The van der Waals surface area contributed by atoms with Gasteiger partial charge in [0.25, 0.3) is 11.8 Å². The predicted octanol–water partition coefficient (Wildman–Crippen LogP) is 0.641. The fourth-order valence-corrected chi connectivity index (χ4v) is 2.78. The minimum absolute atomic E-state index is 0.153. The zero-order chi connectivity index (χ0) is 19.2. The van der Waals surface area contributed by atoms with Gasteiger partial charge in [-0.25, -0.2) is 0 Å². The number of likely N-dealkylation sites (N-methyl/N-ethyl adjacent to an activating group) is 1. The Labute approximate surface area is 157 Å². The van der Waals surface area contributed by atoms with Crippen LogP contribution in [-0.4, -0.2) is 90.1 Å². The highest BCUT2D eigenvalue weighted by Crippen LogP contribution is 2.12. The lowest BCUT2D eigenvalue weighted by Gasteiger charge is -2.34. The lowest BCUT2D eigenvalue weighted by molar-refractivity contribution is 0.0514. The van der Waals surface area contributed by atoms with E-state index in [1.165, 1.54) is 6.26 Å². The molecular formula is C18H24N6O3. The third kappa shape index (κ3) is 4.82. The van der Waals surface area contributed by atoms with Crippen molar-refractivity contribution in [3.8, 4) is 0 Å². The number of nitrogens with zero attached hydrogens (tertiary/aromatic N) is 5. The van der Waals surface area contributed by atoms with Crippen molar-refractivity contribution in [3.63, 3.8) is 0 Å². The fraction of sp³-hybridized carbons (Fsp3) is 0.444. The summed E-state index contributed by atoms with van der Waals surface area (Å²) in [5.74, 6) is 0.632. The fourth-order valence-electron chi connectivity index (χ4n) is 2.78. The van der Waals surface area contributed by atoms with E-state index in [0.29, 0.717) is 43.5 Å². The standard InChI is InChI=1S/C18H24N6O3/c1-22(2)8-7-19-16-6-5-14(20-21-16)17(25)23-9-11-24(12-10-23)18(26)15-4-3-13-27-15/h3-6,13H,7-12H2,1-2H3,(H,19,21). The molecule has 1 aliphatic rings. The van der Waals surface area contributed by atoms with Crippen LogP contribution in [0.3, 0.4) is 0 Å². The first-order valence-electron chi connectivity index (χ1n) is 8.89. The Morgan fingerprint density at radius 2 is 1.78 bits per heavy atom. The van der Waals surface area contributed by atoms with Crippen molar-refractivity contribution in [3.05, 3.63) is 42.0 Å². The summed E-state index contributed by atoms with van der Waals surface area (Å²) in [6.45, 7) is 3.46. The monoisotopic (exact) mass is 372 g/mol. The topological polar surface area (TPSA) is 94.8 Å². The Kier molecular flexibility index (Phi) is 6.02. The number of furan rings is 1. The van der Waals surface area contributed by atoms with Gasteiger partial charge in [0.15, 0.2) is 11.5 Å². The molecule has 1 fully saturated rings. The van der Waals surface area contributed by atoms with Crippen molar-refractivity contribution in [1.29, 1.82) is 0 Å². The molecule has 0 spiro atoms. The number of aromatic nitrogens is 2. The van der Waals surface area contributed by atoms with Crippen LogP contribution in [0.4, 0.5) is 5.82 Å². The van der Waals surface area contributed by atoms with Crippen LogP contribution in [0.2, 0.25) is 0 Å². The molecule has 0 atom stereocenters. The zero-order valence-corrected chi connectivity index (χ0v) is 15.6. The second-order valence-electron chi connectivity index (χ2n) is 6.60. The number of carbonyl (C=O) groups is 2. The van der Waals surface area contributed by atoms with Gasteiger partial charge in [-0.15, -0.1) is 10.2 Å². The van der Waals surface area contributed by atoms with Gasteiger partial charge < -0.3 is 24.4 Å². The molecule has 0 radical (unpaired) electrons. The van der Waals surface area contributed by atoms with Crippen molar-refractivity contribution in [2.24, 2.45) is 0 Å². The number of rotatable bonds is 6. The van der Waals surface area contributed by atoms with E-state index in [-0.39, 0.29) is 11.8 Å². The van der Waals surface area contributed by atoms with Gasteiger partial charge in [0.05, 0.1) is 6.26 Å². The quantitative estimate of drug-likeness (QED) is 0.795. The summed E-state index contributed by atoms with van der Waals surface area (Å²) >= 11 is 0. The summed E-state index contributed by atoms with van der Waals surface area (Å²) in [4.78, 5) is 30.3. The van der Waals surface area contributed by atoms with E-state index in [1.54, 1.807) is 34.1 Å². The van der Waals surface area contributed by atoms with Crippen LogP contribution in [0.5, 0.6) is 0 Å². The van der Waals surface area contributed by atoms with Gasteiger partial charge in [-0.05, 0) is 38.4 Å². The van der Waals surface area contributed by atoms with Crippen molar-refractivity contribution in [2.75, 3.05) is 58.7 Å². The minimum atomic E-state index is -0.174. The third-order valence-corrected chi connectivity index (χ3v) is 4.33. The molecule has 1 saturated heterocycles. The van der Waals surface area contributed by atoms with Crippen LogP contribution in [-0.2, 0) is 0 Å². The van der Waals surface area contributed by atoms with Gasteiger partial charge in [-0.3, -0.25) is 9.59 Å². The lowest BCUT2D eigenvalue weighted by atomic mass is 10.2. The highest BCUT2D eigenvalue weighted by atomic mass is 16.3. The maximum absolute atomic E-state index is 12.6. The average Bonchev–Trinajstić information content (AvgIpc) is 3.22. The molecule has 3 heterocycles. The van der Waals surface area contributed by atoms with Gasteiger partial charge in [0.1, 0.15) is 5.82 Å². The number of nitrogens with one attached hydrogen (secondary N) is 1. The minimum Gasteiger partial charge on any atom is -0.459 e. The molecule has 0 aromatic carbocycles. The van der Waals surface area contributed by atoms with Gasteiger partial charge in [0, 0.05) is 39.3 Å². The van der Waals surface area contributed by atoms with E-state index in [1.807, 2.05) is 14.1 Å². The molecular weight excluding hydrogens is 348 g/mol. The second-order valence-corrected chi connectivity index (χ2v) is 6.60. The molecule has 2 aromatic heterocycles. The Morgan fingerprint density at radius 1 is 1.07 bits per heavy atom. The van der Waals surface area contributed by atoms with Gasteiger partial charge in [-0.2, -0.15) is 0 Å². The summed E-state index contributed by atoms with van der Waals surface area (Å²) in [6.07, 6.45) is 1.48. The number of piperazine rings is 1. The van der Waals surface area contributed by atoms with Crippen LogP contribution in [0.1, 0.15) is 21.0 Å². The molecule has 9 heteroatoms. The van der Waals surface area contributed by atoms with E-state index in [2.05, 4.69) is 20.4 Å². The summed E-state index contributed by atoms with van der Waals surface area (Å²) in [6, 6.07) is 6.76. The maximum Gasteiger partial charge on any atom is 0.289 e. The predicted molar refractivity (Wildman–Crippen MR) is 99.6 cm³/mol. The van der Waals surface area contributed by atoms with Crippen LogP contribution < -0.4 is 5.32 Å². The van der Waals surface area contributed by atoms with Crippen molar-refractivity contribution in [2.45, 2.75) is 0 Å². The largest absolute Gasteiger partial charge is 0.459 e. The van der Waals surface area contributed by atoms with Crippen molar-refractivity contribution < 1.29 is 14.0 Å². The van der Waals surface area contributed by atoms with E-state index >= 15 is 0 Å². The van der Waals surface area contributed by atoms with E-state index < -0.39 is 0 Å². The molecule has 2 aromatic rings. The molecule has 0 aliphatic carbocycles. The average molecular weight is 372 g/mol. The highest BCUT2D eigenvalue weighted by Gasteiger charge is 2.27. The van der Waals surface area contributed by atoms with Gasteiger partial charge in [-0.1, -0.05) is 0 Å². The number of hydrogen-bond donors (Lipinski definition) is 1. The first kappa shape index (κ1) is 18.8. The summed E-state index contributed by atoms with van der Waals surface area (Å²) in [5, 5.41) is 11.3. The van der Waals surface area contributed by atoms with E-state index in [9.17, 15) is 9.59 Å². The third-order valence-electron chi connectivity index (χ3n) is 4.33. The summed E-state index contributed by atoms with van der Waals surface area (Å²) in [7, 11) is 3.99. The Hall–Kier alpha value is -2.94. The van der Waals surface area contributed by atoms with Crippen LogP contribution in [0.25, 0.3) is 0 Å². The van der Waals surface area contributed by atoms with Crippen molar-refractivity contribution >= 4 is 17.6 Å². The maximum atomic E-state index is 12.6. The molecule has 27 heavy (non-hydrogen) atoms. The first-order valence-corrected chi connectivity index (χ1v) is 8.89. The molecule has 0 unspecified atom stereocenters. The van der Waals surface area contributed by atoms with Crippen LogP contribution in [0, 0.1) is 0 Å². The molecule has 0 bridgehead atoms. The molecule has 0 saturated carbocycles. The number of amides is 2. The molecule has 2 amide bonds. The first-order chi connectivity index (χ1) is 13.0. The van der Waals surface area contributed by atoms with Gasteiger partial charge >= 0.3 is 0 Å². The van der Waals surface area contributed by atoms with Crippen molar-refractivity contribution in [1.82, 2.24) is 24.9 Å². The molecule has 3 rings (SSSR count). The smallest absolute Gasteiger partial charge is 0.289 e.